The minimum absolute atomic E-state index is 0.166. The minimum Gasteiger partial charge on any atom is -0.476 e. The van der Waals surface area contributed by atoms with Gasteiger partial charge >= 0.3 is 0 Å². The zero-order valence-corrected chi connectivity index (χ0v) is 15.6. The van der Waals surface area contributed by atoms with Crippen molar-refractivity contribution in [1.29, 1.82) is 0 Å². The lowest BCUT2D eigenvalue weighted by Gasteiger charge is -2.19. The molecule has 0 aliphatic carbocycles. The summed E-state index contributed by atoms with van der Waals surface area (Å²) in [5.41, 5.74) is 2.96. The van der Waals surface area contributed by atoms with Gasteiger partial charge in [0, 0.05) is 31.9 Å². The maximum atomic E-state index is 12.9. The van der Waals surface area contributed by atoms with Crippen LogP contribution in [0, 0.1) is 0 Å². The third-order valence-corrected chi connectivity index (χ3v) is 4.23. The molecule has 1 N–H and O–H groups in total. The molecule has 0 aliphatic rings. The van der Waals surface area contributed by atoms with E-state index < -0.39 is 6.10 Å². The summed E-state index contributed by atoms with van der Waals surface area (Å²) >= 11 is 0. The second-order valence-corrected chi connectivity index (χ2v) is 6.50. The molecule has 3 aromatic carbocycles. The summed E-state index contributed by atoms with van der Waals surface area (Å²) in [4.78, 5) is 14.9. The SMILES string of the molecule is CN(C)c1cccc(CNC(=O)C(Oc2ccccc2)c2ccccc2)c1. The van der Waals surface area contributed by atoms with Crippen LogP contribution < -0.4 is 15.0 Å². The van der Waals surface area contributed by atoms with E-state index in [1.165, 1.54) is 0 Å². The fraction of sp³-hybridized carbons (Fsp3) is 0.174. The standard InChI is InChI=1S/C23H24N2O2/c1-25(2)20-13-9-10-18(16-20)17-24-23(26)22(19-11-5-3-6-12-19)27-21-14-7-4-8-15-21/h3-16,22H,17H2,1-2H3,(H,24,26). The van der Waals surface area contributed by atoms with Crippen molar-refractivity contribution >= 4 is 11.6 Å². The van der Waals surface area contributed by atoms with E-state index in [4.69, 9.17) is 4.74 Å². The van der Waals surface area contributed by atoms with Crippen LogP contribution in [0.4, 0.5) is 5.69 Å². The second kappa shape index (κ2) is 8.90. The Labute approximate surface area is 160 Å². The van der Waals surface area contributed by atoms with E-state index in [1.807, 2.05) is 97.9 Å². The summed E-state index contributed by atoms with van der Waals surface area (Å²) in [5.74, 6) is 0.497. The first-order chi connectivity index (χ1) is 13.1. The van der Waals surface area contributed by atoms with Crippen molar-refractivity contribution in [3.8, 4) is 5.75 Å². The molecule has 0 saturated carbocycles. The Bertz CT molecular complexity index is 864. The number of para-hydroxylation sites is 1. The number of rotatable bonds is 7. The molecule has 138 valence electrons. The Balaban J connectivity index is 1.74. The Hall–Kier alpha value is -3.27. The number of ether oxygens (including phenoxy) is 1. The van der Waals surface area contributed by atoms with Gasteiger partial charge in [0.2, 0.25) is 6.10 Å². The van der Waals surface area contributed by atoms with Crippen LogP contribution in [0.2, 0.25) is 0 Å². The number of benzene rings is 3. The van der Waals surface area contributed by atoms with Crippen molar-refractivity contribution < 1.29 is 9.53 Å². The van der Waals surface area contributed by atoms with E-state index in [-0.39, 0.29) is 5.91 Å². The molecule has 1 atom stereocenters. The summed E-state index contributed by atoms with van der Waals surface area (Å²) in [6.07, 6.45) is -0.703. The number of nitrogens with zero attached hydrogens (tertiary/aromatic N) is 1. The van der Waals surface area contributed by atoms with Crippen molar-refractivity contribution in [1.82, 2.24) is 5.32 Å². The summed E-state index contributed by atoms with van der Waals surface area (Å²) in [6, 6.07) is 27.0. The van der Waals surface area contributed by atoms with Crippen molar-refractivity contribution in [2.75, 3.05) is 19.0 Å². The molecule has 0 fully saturated rings. The van der Waals surface area contributed by atoms with Gasteiger partial charge in [0.25, 0.3) is 5.91 Å². The monoisotopic (exact) mass is 360 g/mol. The molecule has 3 rings (SSSR count). The highest BCUT2D eigenvalue weighted by Gasteiger charge is 2.22. The Morgan fingerprint density at radius 2 is 1.59 bits per heavy atom. The van der Waals surface area contributed by atoms with E-state index in [2.05, 4.69) is 11.4 Å². The summed E-state index contributed by atoms with van der Waals surface area (Å²) in [5, 5.41) is 3.00. The van der Waals surface area contributed by atoms with Crippen molar-refractivity contribution in [3.63, 3.8) is 0 Å². The van der Waals surface area contributed by atoms with Crippen LogP contribution >= 0.6 is 0 Å². The Kier molecular flexibility index (Phi) is 6.10. The Morgan fingerprint density at radius 3 is 2.26 bits per heavy atom. The number of carbonyl (C=O) groups excluding carboxylic acids is 1. The van der Waals surface area contributed by atoms with Crippen LogP contribution in [0.1, 0.15) is 17.2 Å². The van der Waals surface area contributed by atoms with Crippen LogP contribution in [-0.4, -0.2) is 20.0 Å². The summed E-state index contributed by atoms with van der Waals surface area (Å²) in [6.45, 7) is 0.446. The van der Waals surface area contributed by atoms with Gasteiger partial charge in [-0.3, -0.25) is 4.79 Å². The lowest BCUT2D eigenvalue weighted by atomic mass is 10.1. The highest BCUT2D eigenvalue weighted by molar-refractivity contribution is 5.82. The maximum absolute atomic E-state index is 12.9. The van der Waals surface area contributed by atoms with Crippen molar-refractivity contribution in [3.05, 3.63) is 96.1 Å². The van der Waals surface area contributed by atoms with E-state index in [0.717, 1.165) is 16.8 Å². The minimum atomic E-state index is -0.703. The average Bonchev–Trinajstić information content (AvgIpc) is 2.72. The zero-order chi connectivity index (χ0) is 19.1. The highest BCUT2D eigenvalue weighted by atomic mass is 16.5. The molecule has 0 spiro atoms. The lowest BCUT2D eigenvalue weighted by molar-refractivity contribution is -0.128. The van der Waals surface area contributed by atoms with Crippen LogP contribution in [0.25, 0.3) is 0 Å². The molecular weight excluding hydrogens is 336 g/mol. The van der Waals surface area contributed by atoms with Gasteiger partial charge < -0.3 is 15.0 Å². The third kappa shape index (κ3) is 5.11. The predicted molar refractivity (Wildman–Crippen MR) is 109 cm³/mol. The van der Waals surface area contributed by atoms with Gasteiger partial charge in [-0.15, -0.1) is 0 Å². The van der Waals surface area contributed by atoms with E-state index in [9.17, 15) is 4.79 Å². The molecule has 0 heterocycles. The zero-order valence-electron chi connectivity index (χ0n) is 15.6. The van der Waals surface area contributed by atoms with Gasteiger partial charge in [-0.05, 0) is 29.8 Å². The second-order valence-electron chi connectivity index (χ2n) is 6.50. The normalized spacial score (nSPS) is 11.5. The fourth-order valence-corrected chi connectivity index (χ4v) is 2.76. The molecule has 0 bridgehead atoms. The molecule has 4 heteroatoms. The number of nitrogens with one attached hydrogen (secondary N) is 1. The molecule has 27 heavy (non-hydrogen) atoms. The van der Waals surface area contributed by atoms with Crippen LogP contribution in [0.3, 0.4) is 0 Å². The van der Waals surface area contributed by atoms with Crippen molar-refractivity contribution in [2.24, 2.45) is 0 Å². The molecular formula is C23H24N2O2. The van der Waals surface area contributed by atoms with E-state index in [1.54, 1.807) is 0 Å². The topological polar surface area (TPSA) is 41.6 Å². The number of hydrogen-bond acceptors (Lipinski definition) is 3. The molecule has 3 aromatic rings. The summed E-state index contributed by atoms with van der Waals surface area (Å²) in [7, 11) is 3.99. The third-order valence-electron chi connectivity index (χ3n) is 4.23. The first-order valence-corrected chi connectivity index (χ1v) is 8.94. The smallest absolute Gasteiger partial charge is 0.266 e. The summed E-state index contributed by atoms with van der Waals surface area (Å²) < 4.78 is 5.99. The molecule has 0 aliphatic heterocycles. The number of anilines is 1. The molecule has 1 unspecified atom stereocenters. The molecule has 1 amide bonds. The number of carbonyl (C=O) groups is 1. The van der Waals surface area contributed by atoms with Crippen LogP contribution in [-0.2, 0) is 11.3 Å². The maximum Gasteiger partial charge on any atom is 0.266 e. The van der Waals surface area contributed by atoms with Crippen LogP contribution in [0.15, 0.2) is 84.9 Å². The largest absolute Gasteiger partial charge is 0.476 e. The number of hydrogen-bond donors (Lipinski definition) is 1. The first-order valence-electron chi connectivity index (χ1n) is 8.94. The van der Waals surface area contributed by atoms with Gasteiger partial charge in [0.15, 0.2) is 0 Å². The Morgan fingerprint density at radius 1 is 0.926 bits per heavy atom. The van der Waals surface area contributed by atoms with Gasteiger partial charge in [-0.2, -0.15) is 0 Å². The predicted octanol–water partition coefficient (Wildman–Crippen LogP) is 4.19. The van der Waals surface area contributed by atoms with Gasteiger partial charge in [0.1, 0.15) is 5.75 Å². The van der Waals surface area contributed by atoms with Gasteiger partial charge in [-0.25, -0.2) is 0 Å². The first kappa shape index (κ1) is 18.5. The van der Waals surface area contributed by atoms with Crippen LogP contribution in [0.5, 0.6) is 5.75 Å². The highest BCUT2D eigenvalue weighted by Crippen LogP contribution is 2.22. The molecule has 4 nitrogen and oxygen atoms in total. The molecule has 0 saturated heterocycles. The molecule has 0 aromatic heterocycles. The lowest BCUT2D eigenvalue weighted by Crippen LogP contribution is -2.32. The fourth-order valence-electron chi connectivity index (χ4n) is 2.76. The van der Waals surface area contributed by atoms with E-state index >= 15 is 0 Å². The van der Waals surface area contributed by atoms with E-state index in [0.29, 0.717) is 12.3 Å². The van der Waals surface area contributed by atoms with Gasteiger partial charge in [-0.1, -0.05) is 60.7 Å². The average molecular weight is 360 g/mol. The molecule has 0 radical (unpaired) electrons. The van der Waals surface area contributed by atoms with Gasteiger partial charge in [0.05, 0.1) is 0 Å². The van der Waals surface area contributed by atoms with Crippen molar-refractivity contribution in [2.45, 2.75) is 12.6 Å². The number of amides is 1. The quantitative estimate of drug-likeness (QED) is 0.687.